The molecule has 1 fully saturated rings. The van der Waals surface area contributed by atoms with Crippen molar-refractivity contribution in [2.45, 2.75) is 19.4 Å². The molecule has 0 spiro atoms. The van der Waals surface area contributed by atoms with Gasteiger partial charge >= 0.3 is 0 Å². The molecule has 146 valence electrons. The molecule has 0 unspecified atom stereocenters. The van der Waals surface area contributed by atoms with Crippen molar-refractivity contribution in [1.29, 1.82) is 0 Å². The Labute approximate surface area is 177 Å². The van der Waals surface area contributed by atoms with E-state index in [1.54, 1.807) is 13.2 Å². The molecule has 0 aliphatic heterocycles. The van der Waals surface area contributed by atoms with Crippen LogP contribution in [0.5, 0.6) is 11.6 Å². The second-order valence-electron chi connectivity index (χ2n) is 6.27. The Balaban J connectivity index is 0.00000261. The lowest BCUT2D eigenvalue weighted by Gasteiger charge is -2.13. The van der Waals surface area contributed by atoms with Gasteiger partial charge in [0.25, 0.3) is 0 Å². The van der Waals surface area contributed by atoms with Crippen molar-refractivity contribution in [3.8, 4) is 11.6 Å². The Morgan fingerprint density at radius 3 is 2.70 bits per heavy atom. The number of aromatic nitrogens is 1. The van der Waals surface area contributed by atoms with Crippen molar-refractivity contribution >= 4 is 29.9 Å². The van der Waals surface area contributed by atoms with Crippen molar-refractivity contribution in [2.75, 3.05) is 26.8 Å². The van der Waals surface area contributed by atoms with Gasteiger partial charge in [-0.15, -0.1) is 24.0 Å². The normalized spacial score (nSPS) is 13.4. The minimum absolute atomic E-state index is 0. The molecule has 1 heterocycles. The molecule has 1 aromatic carbocycles. The summed E-state index contributed by atoms with van der Waals surface area (Å²) in [4.78, 5) is 8.49. The molecule has 0 atom stereocenters. The SMILES string of the molecule is CN=C(NCCOc1ccccc1)NCc1ccnc(OCC2CC2)c1.I. The quantitative estimate of drug-likeness (QED) is 0.249. The number of rotatable bonds is 9. The highest BCUT2D eigenvalue weighted by Gasteiger charge is 2.22. The first-order valence-electron chi connectivity index (χ1n) is 9.03. The Morgan fingerprint density at radius 2 is 1.96 bits per heavy atom. The van der Waals surface area contributed by atoms with E-state index in [1.165, 1.54) is 12.8 Å². The van der Waals surface area contributed by atoms with E-state index in [1.807, 2.05) is 42.5 Å². The van der Waals surface area contributed by atoms with Crippen LogP contribution in [0.2, 0.25) is 0 Å². The Hall–Kier alpha value is -2.03. The van der Waals surface area contributed by atoms with Gasteiger partial charge in [0.2, 0.25) is 5.88 Å². The lowest BCUT2D eigenvalue weighted by molar-refractivity contribution is 0.288. The minimum Gasteiger partial charge on any atom is -0.492 e. The summed E-state index contributed by atoms with van der Waals surface area (Å²) in [7, 11) is 1.75. The number of hydrogen-bond donors (Lipinski definition) is 2. The number of ether oxygens (including phenoxy) is 2. The molecule has 2 N–H and O–H groups in total. The van der Waals surface area contributed by atoms with E-state index in [9.17, 15) is 0 Å². The van der Waals surface area contributed by atoms with Crippen LogP contribution in [0.4, 0.5) is 0 Å². The number of halogens is 1. The molecule has 1 aliphatic rings. The molecular formula is C20H27IN4O2. The van der Waals surface area contributed by atoms with Gasteiger partial charge in [-0.1, -0.05) is 18.2 Å². The Morgan fingerprint density at radius 1 is 1.15 bits per heavy atom. The molecule has 0 amide bonds. The summed E-state index contributed by atoms with van der Waals surface area (Å²) in [5.41, 5.74) is 1.11. The molecular weight excluding hydrogens is 455 g/mol. The first-order chi connectivity index (χ1) is 12.8. The Kier molecular flexibility index (Phi) is 9.17. The van der Waals surface area contributed by atoms with Gasteiger partial charge in [0.15, 0.2) is 5.96 Å². The average molecular weight is 482 g/mol. The largest absolute Gasteiger partial charge is 0.492 e. The maximum Gasteiger partial charge on any atom is 0.213 e. The first-order valence-corrected chi connectivity index (χ1v) is 9.03. The van der Waals surface area contributed by atoms with Gasteiger partial charge in [0.1, 0.15) is 12.4 Å². The lowest BCUT2D eigenvalue weighted by Crippen LogP contribution is -2.38. The second-order valence-corrected chi connectivity index (χ2v) is 6.27. The summed E-state index contributed by atoms with van der Waals surface area (Å²) in [6.45, 7) is 2.66. The second kappa shape index (κ2) is 11.6. The monoisotopic (exact) mass is 482 g/mol. The molecule has 27 heavy (non-hydrogen) atoms. The third-order valence-electron chi connectivity index (χ3n) is 4.05. The van der Waals surface area contributed by atoms with Gasteiger partial charge < -0.3 is 20.1 Å². The van der Waals surface area contributed by atoms with Crippen LogP contribution in [-0.4, -0.2) is 37.7 Å². The summed E-state index contributed by atoms with van der Waals surface area (Å²) in [5, 5.41) is 6.53. The third-order valence-corrected chi connectivity index (χ3v) is 4.05. The van der Waals surface area contributed by atoms with Gasteiger partial charge in [0.05, 0.1) is 13.2 Å². The van der Waals surface area contributed by atoms with Crippen molar-refractivity contribution in [3.05, 3.63) is 54.2 Å². The predicted octanol–water partition coefficient (Wildman–Crippen LogP) is 3.23. The third kappa shape index (κ3) is 8.03. The summed E-state index contributed by atoms with van der Waals surface area (Å²) < 4.78 is 11.4. The van der Waals surface area contributed by atoms with Crippen LogP contribution in [-0.2, 0) is 6.54 Å². The fourth-order valence-corrected chi connectivity index (χ4v) is 2.39. The highest BCUT2D eigenvalue weighted by molar-refractivity contribution is 14.0. The summed E-state index contributed by atoms with van der Waals surface area (Å²) in [6, 6.07) is 13.7. The highest BCUT2D eigenvalue weighted by Crippen LogP contribution is 2.29. The summed E-state index contributed by atoms with van der Waals surface area (Å²) >= 11 is 0. The first kappa shape index (κ1) is 21.3. The van der Waals surface area contributed by atoms with Crippen molar-refractivity contribution in [3.63, 3.8) is 0 Å². The molecule has 0 saturated heterocycles. The number of benzene rings is 1. The standard InChI is InChI=1S/C20H26N4O2.HI/c1-21-20(23-11-12-25-18-5-3-2-4-6-18)24-14-17-9-10-22-19(13-17)26-15-16-7-8-16;/h2-6,9-10,13,16H,7-8,11-12,14-15H2,1H3,(H2,21,23,24);1H. The minimum atomic E-state index is 0. The number of nitrogens with zero attached hydrogens (tertiary/aromatic N) is 2. The van der Waals surface area contributed by atoms with Crippen LogP contribution in [0.1, 0.15) is 18.4 Å². The number of pyridine rings is 1. The molecule has 1 saturated carbocycles. The summed E-state index contributed by atoms with van der Waals surface area (Å²) in [5.74, 6) is 3.02. The summed E-state index contributed by atoms with van der Waals surface area (Å²) in [6.07, 6.45) is 4.33. The molecule has 6 nitrogen and oxygen atoms in total. The molecule has 2 aromatic rings. The van der Waals surface area contributed by atoms with E-state index in [0.717, 1.165) is 29.8 Å². The van der Waals surface area contributed by atoms with Gasteiger partial charge in [0, 0.05) is 25.9 Å². The fraction of sp³-hybridized carbons (Fsp3) is 0.400. The number of guanidine groups is 1. The molecule has 1 aliphatic carbocycles. The number of hydrogen-bond acceptors (Lipinski definition) is 4. The number of nitrogens with one attached hydrogen (secondary N) is 2. The fourth-order valence-electron chi connectivity index (χ4n) is 2.39. The number of aliphatic imine (C=N–C) groups is 1. The van der Waals surface area contributed by atoms with E-state index in [4.69, 9.17) is 9.47 Å². The molecule has 3 rings (SSSR count). The molecule has 7 heteroatoms. The van der Waals surface area contributed by atoms with Gasteiger partial charge in [-0.2, -0.15) is 0 Å². The van der Waals surface area contributed by atoms with Crippen LogP contribution < -0.4 is 20.1 Å². The maximum atomic E-state index is 5.72. The molecule has 0 bridgehead atoms. The van der Waals surface area contributed by atoms with Crippen LogP contribution in [0.3, 0.4) is 0 Å². The van der Waals surface area contributed by atoms with E-state index < -0.39 is 0 Å². The topological polar surface area (TPSA) is 67.8 Å². The zero-order valence-electron chi connectivity index (χ0n) is 15.6. The van der Waals surface area contributed by atoms with Crippen LogP contribution in [0.15, 0.2) is 53.7 Å². The van der Waals surface area contributed by atoms with Crippen molar-refractivity contribution < 1.29 is 9.47 Å². The van der Waals surface area contributed by atoms with Gasteiger partial charge in [-0.05, 0) is 42.5 Å². The van der Waals surface area contributed by atoms with Crippen molar-refractivity contribution in [1.82, 2.24) is 15.6 Å². The molecule has 0 radical (unpaired) electrons. The lowest BCUT2D eigenvalue weighted by atomic mass is 10.2. The van der Waals surface area contributed by atoms with Gasteiger partial charge in [-0.25, -0.2) is 4.98 Å². The van der Waals surface area contributed by atoms with Crippen molar-refractivity contribution in [2.24, 2.45) is 10.9 Å². The zero-order chi connectivity index (χ0) is 18.0. The smallest absolute Gasteiger partial charge is 0.213 e. The van der Waals surface area contributed by atoms with E-state index >= 15 is 0 Å². The van der Waals surface area contributed by atoms with Crippen LogP contribution in [0, 0.1) is 5.92 Å². The highest BCUT2D eigenvalue weighted by atomic mass is 127. The van der Waals surface area contributed by atoms with E-state index in [2.05, 4.69) is 20.6 Å². The zero-order valence-corrected chi connectivity index (χ0v) is 17.9. The van der Waals surface area contributed by atoms with Crippen LogP contribution >= 0.6 is 24.0 Å². The van der Waals surface area contributed by atoms with E-state index in [0.29, 0.717) is 25.6 Å². The van der Waals surface area contributed by atoms with Gasteiger partial charge in [-0.3, -0.25) is 4.99 Å². The maximum absolute atomic E-state index is 5.72. The Bertz CT molecular complexity index is 708. The van der Waals surface area contributed by atoms with E-state index in [-0.39, 0.29) is 24.0 Å². The van der Waals surface area contributed by atoms with Crippen LogP contribution in [0.25, 0.3) is 0 Å². The molecule has 1 aromatic heterocycles. The average Bonchev–Trinajstić information content (AvgIpc) is 3.51. The number of para-hydroxylation sites is 1. The predicted molar refractivity (Wildman–Crippen MR) is 118 cm³/mol.